The number of hydrogen-bond acceptors (Lipinski definition) is 3. The predicted octanol–water partition coefficient (Wildman–Crippen LogP) is 19.6. The quantitative estimate of drug-likeness (QED) is 0.163. The van der Waals surface area contributed by atoms with Gasteiger partial charge in [0.2, 0.25) is 0 Å². The number of hydrogen-bond donors (Lipinski definition) is 0. The van der Waals surface area contributed by atoms with Crippen LogP contribution in [0.2, 0.25) is 0 Å². The molecule has 0 aromatic heterocycles. The highest BCUT2D eigenvalue weighted by Crippen LogP contribution is 2.63. The Kier molecular flexibility index (Phi) is 13.0. The lowest BCUT2D eigenvalue weighted by Gasteiger charge is -2.52. The zero-order valence-electron chi connectivity index (χ0n) is 62.1. The van der Waals surface area contributed by atoms with Gasteiger partial charge in [-0.3, -0.25) is 0 Å². The van der Waals surface area contributed by atoms with E-state index >= 15 is 0 Å². The summed E-state index contributed by atoms with van der Waals surface area (Å²) in [7, 11) is -3.02. The second-order valence-electron chi connectivity index (χ2n) is 37.8. The van der Waals surface area contributed by atoms with Gasteiger partial charge in [-0.05, 0) is 256 Å². The van der Waals surface area contributed by atoms with Gasteiger partial charge >= 0.3 is 0 Å². The van der Waals surface area contributed by atoms with Crippen LogP contribution in [0.25, 0.3) is 0 Å². The molecule has 9 aromatic carbocycles. The van der Waals surface area contributed by atoms with Gasteiger partial charge in [-0.25, -0.2) is 0 Å². The van der Waals surface area contributed by atoms with Crippen LogP contribution in [-0.2, 0) is 48.7 Å². The third kappa shape index (κ3) is 8.35. The van der Waals surface area contributed by atoms with Gasteiger partial charge in [0, 0.05) is 56.3 Å². The van der Waals surface area contributed by atoms with E-state index in [1.54, 1.807) is 0 Å². The van der Waals surface area contributed by atoms with Crippen molar-refractivity contribution in [1.29, 1.82) is 0 Å². The lowest BCUT2D eigenvalue weighted by atomic mass is 9.32. The van der Waals surface area contributed by atoms with Gasteiger partial charge in [0.05, 0.1) is 5.54 Å². The molecule has 12 bridgehead atoms. The first-order valence-electron chi connectivity index (χ1n) is 38.0. The van der Waals surface area contributed by atoms with Crippen molar-refractivity contribution in [2.24, 2.45) is 0 Å². The molecule has 0 spiro atoms. The van der Waals surface area contributed by atoms with Crippen LogP contribution in [0.4, 0.5) is 45.5 Å². The number of rotatable bonds is 3. The molecule has 5 aliphatic carbocycles. The van der Waals surface area contributed by atoms with Crippen molar-refractivity contribution in [2.45, 2.75) is 249 Å². The summed E-state index contributed by atoms with van der Waals surface area (Å²) in [6.45, 7) is 43.5. The minimum atomic E-state index is -3.02. The van der Waals surface area contributed by atoms with E-state index in [2.05, 4.69) is 308 Å². The Labute approximate surface area is 589 Å². The Balaban J connectivity index is 1.02. The van der Waals surface area contributed by atoms with Gasteiger partial charge in [-0.1, -0.05) is 245 Å². The lowest BCUT2D eigenvalue weighted by molar-refractivity contribution is 0.195. The highest BCUT2D eigenvalue weighted by Gasteiger charge is 2.60. The van der Waals surface area contributed by atoms with Crippen LogP contribution in [0, 0.1) is 0 Å². The first-order chi connectivity index (χ1) is 46.3. The van der Waals surface area contributed by atoms with E-state index in [4.69, 9.17) is 0 Å². The molecule has 5 heteroatoms. The summed E-state index contributed by atoms with van der Waals surface area (Å²) in [5, 5.41) is 5.77. The Morgan fingerprint density at radius 2 is 0.704 bits per heavy atom. The molecule has 1 saturated carbocycles. The third-order valence-corrected chi connectivity index (χ3v) is 33.9. The van der Waals surface area contributed by atoms with Gasteiger partial charge in [0.25, 0.3) is 6.71 Å². The van der Waals surface area contributed by atoms with E-state index in [1.807, 2.05) is 0 Å². The summed E-state index contributed by atoms with van der Waals surface area (Å²) in [6, 6.07) is 74.2. The van der Waals surface area contributed by atoms with Crippen molar-refractivity contribution in [2.75, 3.05) is 14.7 Å². The highest BCUT2D eigenvalue weighted by atomic mass is 28.3. The smallest absolute Gasteiger partial charge is 0.252 e. The summed E-state index contributed by atoms with van der Waals surface area (Å²) in [5.41, 5.74) is 29.3. The second-order valence-corrected chi connectivity index (χ2v) is 41.6. The van der Waals surface area contributed by atoms with E-state index in [1.165, 1.54) is 164 Å². The molecule has 3 unspecified atom stereocenters. The summed E-state index contributed by atoms with van der Waals surface area (Å²) in [4.78, 5) is 8.65. The number of anilines is 8. The van der Waals surface area contributed by atoms with Crippen LogP contribution >= 0.6 is 0 Å². The Morgan fingerprint density at radius 1 is 0.296 bits per heavy atom. The van der Waals surface area contributed by atoms with Crippen molar-refractivity contribution in [3.8, 4) is 0 Å². The predicted molar refractivity (Wildman–Crippen MR) is 421 cm³/mol. The fraction of sp³-hybridized carbons (Fsp3) is 0.419. The lowest BCUT2D eigenvalue weighted by Crippen LogP contribution is -2.74. The van der Waals surface area contributed by atoms with Crippen LogP contribution < -0.4 is 51.8 Å². The maximum Gasteiger partial charge on any atom is 0.252 e. The Hall–Kier alpha value is -7.34. The summed E-state index contributed by atoms with van der Waals surface area (Å²) in [6.07, 6.45) is 13.8. The number of benzene rings is 9. The SMILES string of the molecule is CC1(C)CCC(C)(C)c2cc(N3c4cc5c(cc4B4c6cc7c(cc6N6c8ccc9c(c8)C(C)(C)CCC9(C)c8ccc(cc8)[Si](c8ccccc8)(c8ccccc8)c8ccc9c(c8)C8(C)CCCCC8(C)N9c8cc3c4c6c8)C(C)(C)CCC7(C)C)C(C)(C)CCC5(C)C)ccc21. The molecule has 3 nitrogen and oxygen atoms in total. The van der Waals surface area contributed by atoms with Crippen molar-refractivity contribution in [1.82, 2.24) is 0 Å². The van der Waals surface area contributed by atoms with Crippen LogP contribution in [-0.4, -0.2) is 20.3 Å². The van der Waals surface area contributed by atoms with Crippen molar-refractivity contribution in [3.05, 3.63) is 232 Å². The first-order valence-corrected chi connectivity index (χ1v) is 40.0. The molecule has 0 radical (unpaired) electrons. The van der Waals surface area contributed by atoms with Gasteiger partial charge in [-0.15, -0.1) is 0 Å². The molecule has 8 aliphatic heterocycles. The highest BCUT2D eigenvalue weighted by molar-refractivity contribution is 7.20. The molecule has 8 heterocycles. The van der Waals surface area contributed by atoms with E-state index in [-0.39, 0.29) is 61.0 Å². The van der Waals surface area contributed by atoms with Crippen molar-refractivity contribution >= 4 is 97.4 Å². The molecule has 9 aromatic rings. The summed E-state index contributed by atoms with van der Waals surface area (Å²) >= 11 is 0. The maximum atomic E-state index is 2.95. The van der Waals surface area contributed by atoms with Gasteiger partial charge in [0.15, 0.2) is 8.07 Å². The van der Waals surface area contributed by atoms with Crippen LogP contribution in [0.15, 0.2) is 176 Å². The third-order valence-electron chi connectivity index (χ3n) is 29.1. The molecule has 98 heavy (non-hydrogen) atoms. The van der Waals surface area contributed by atoms with Gasteiger partial charge in [0.1, 0.15) is 0 Å². The average molecular weight is 1300 g/mol. The fourth-order valence-electron chi connectivity index (χ4n) is 22.2. The fourth-order valence-corrected chi connectivity index (χ4v) is 26.9. The van der Waals surface area contributed by atoms with Crippen LogP contribution in [0.3, 0.4) is 0 Å². The summed E-state index contributed by atoms with van der Waals surface area (Å²) in [5.74, 6) is 0. The molecular weight excluding hydrogens is 1200 g/mol. The average Bonchev–Trinajstić information content (AvgIpc) is 1.13. The Bertz CT molecular complexity index is 4830. The molecule has 0 amide bonds. The molecule has 0 saturated heterocycles. The van der Waals surface area contributed by atoms with E-state index < -0.39 is 8.07 Å². The van der Waals surface area contributed by atoms with Crippen LogP contribution in [0.1, 0.15) is 250 Å². The zero-order chi connectivity index (χ0) is 68.2. The molecule has 3 atom stereocenters. The van der Waals surface area contributed by atoms with Gasteiger partial charge < -0.3 is 14.7 Å². The largest absolute Gasteiger partial charge is 0.334 e. The number of nitrogens with zero attached hydrogens (tertiary/aromatic N) is 3. The zero-order valence-corrected chi connectivity index (χ0v) is 63.1. The minimum Gasteiger partial charge on any atom is -0.334 e. The minimum absolute atomic E-state index is 0.00218. The topological polar surface area (TPSA) is 9.72 Å². The first kappa shape index (κ1) is 62.9. The number of fused-ring (bicyclic) bond motifs is 9. The molecule has 1 fully saturated rings. The van der Waals surface area contributed by atoms with E-state index in [9.17, 15) is 0 Å². The Morgan fingerprint density at radius 3 is 1.20 bits per heavy atom. The normalized spacial score (nSPS) is 25.6. The standard InChI is InChI=1S/C93H104BN3Si/c1-84(2)42-43-85(3,4)69-50-60(32-37-67(69)84)95-79-57-73-71(86(5,6)44-46-88(73,9)10)55-76(79)94-77-56-72-74(89(11,12)47-45-87(72,7)8)58-80(77)96-61-33-38-68-70(51-61)90(13,14)48-49-91(68,15)59-30-34-65(35-31-59)98(63-26-20-18-21-27-63,64-28-22-19-23-29-64)66-36-39-78-75(54-66)92(16)40-24-25-41-93(92,17)97(78)62-52-81(95)83(94)82(96)53-62/h18-23,26-39,50-58H,24-25,40-49H2,1-17H3. The second kappa shape index (κ2) is 20.2. The van der Waals surface area contributed by atoms with Crippen molar-refractivity contribution in [3.63, 3.8) is 0 Å². The monoisotopic (exact) mass is 1300 g/mol. The van der Waals surface area contributed by atoms with E-state index in [0.29, 0.717) is 0 Å². The molecule has 13 aliphatic rings. The molecule has 498 valence electrons. The summed E-state index contributed by atoms with van der Waals surface area (Å²) < 4.78 is 0. The van der Waals surface area contributed by atoms with E-state index in [0.717, 1.165) is 51.4 Å². The maximum absolute atomic E-state index is 3.02. The van der Waals surface area contributed by atoms with Crippen molar-refractivity contribution < 1.29 is 0 Å². The molecule has 0 N–H and O–H groups in total. The van der Waals surface area contributed by atoms with Gasteiger partial charge in [-0.2, -0.15) is 0 Å². The molecule has 22 rings (SSSR count). The molecular formula is C93H104BN3Si. The van der Waals surface area contributed by atoms with Crippen LogP contribution in [0.5, 0.6) is 0 Å².